The first-order valence-electron chi connectivity index (χ1n) is 7.94. The summed E-state index contributed by atoms with van der Waals surface area (Å²) in [6.07, 6.45) is 7.93. The van der Waals surface area contributed by atoms with Crippen LogP contribution in [0.5, 0.6) is 0 Å². The van der Waals surface area contributed by atoms with Crippen molar-refractivity contribution in [3.63, 3.8) is 0 Å². The third-order valence-electron chi connectivity index (χ3n) is 4.71. The molecule has 0 radical (unpaired) electrons. The molecular weight excluding hydrogens is 309 g/mol. The smallest absolute Gasteiger partial charge is 0.223 e. The maximum atomic E-state index is 11.9. The maximum absolute atomic E-state index is 11.9. The number of carbonyl (C=O) groups is 1. The van der Waals surface area contributed by atoms with Crippen molar-refractivity contribution in [1.82, 2.24) is 10.2 Å². The maximum Gasteiger partial charge on any atom is 0.223 e. The number of hydrogen-bond acceptors (Lipinski definition) is 3. The molecular formula is C15H31Cl2N3O. The van der Waals surface area contributed by atoms with Crippen LogP contribution in [0.3, 0.4) is 0 Å². The molecule has 0 bridgehead atoms. The van der Waals surface area contributed by atoms with Crippen LogP contribution in [0.15, 0.2) is 0 Å². The lowest BCUT2D eigenvalue weighted by Crippen LogP contribution is -2.39. The fourth-order valence-electron chi connectivity index (χ4n) is 3.38. The molecule has 6 heteroatoms. The largest absolute Gasteiger partial charge is 0.356 e. The van der Waals surface area contributed by atoms with Gasteiger partial charge in [0.2, 0.25) is 5.91 Å². The lowest BCUT2D eigenvalue weighted by molar-refractivity contribution is -0.124. The SMILES string of the molecule is CC1CCCCN1CCCNC(=O)C1CCC(N)C1.Cl.Cl. The summed E-state index contributed by atoms with van der Waals surface area (Å²) in [5.74, 6) is 0.392. The molecule has 1 aliphatic heterocycles. The second kappa shape index (κ2) is 10.7. The van der Waals surface area contributed by atoms with Gasteiger partial charge in [-0.2, -0.15) is 0 Å². The van der Waals surface area contributed by atoms with Crippen LogP contribution in [0, 0.1) is 5.92 Å². The molecule has 0 spiro atoms. The van der Waals surface area contributed by atoms with Crippen LogP contribution >= 0.6 is 24.8 Å². The second-order valence-electron chi connectivity index (χ2n) is 6.30. The number of likely N-dealkylation sites (tertiary alicyclic amines) is 1. The first kappa shape index (κ1) is 21.0. The van der Waals surface area contributed by atoms with Crippen molar-refractivity contribution in [2.75, 3.05) is 19.6 Å². The number of rotatable bonds is 5. The van der Waals surface area contributed by atoms with Gasteiger partial charge in [-0.15, -0.1) is 24.8 Å². The van der Waals surface area contributed by atoms with Crippen LogP contribution in [0.2, 0.25) is 0 Å². The lowest BCUT2D eigenvalue weighted by Gasteiger charge is -2.33. The molecule has 3 atom stereocenters. The minimum atomic E-state index is 0. The Balaban J connectivity index is 0.00000200. The fourth-order valence-corrected chi connectivity index (χ4v) is 3.38. The van der Waals surface area contributed by atoms with E-state index in [1.54, 1.807) is 0 Å². The third kappa shape index (κ3) is 6.72. The van der Waals surface area contributed by atoms with Crippen LogP contribution in [0.25, 0.3) is 0 Å². The molecule has 1 amide bonds. The van der Waals surface area contributed by atoms with Gasteiger partial charge in [-0.25, -0.2) is 0 Å². The topological polar surface area (TPSA) is 58.4 Å². The normalized spacial score (nSPS) is 29.3. The average Bonchev–Trinajstić information content (AvgIpc) is 2.83. The van der Waals surface area contributed by atoms with Crippen molar-refractivity contribution >= 4 is 30.7 Å². The van der Waals surface area contributed by atoms with Gasteiger partial charge in [0.1, 0.15) is 0 Å². The van der Waals surface area contributed by atoms with E-state index < -0.39 is 0 Å². The Kier molecular flexibility index (Phi) is 10.6. The van der Waals surface area contributed by atoms with Crippen molar-refractivity contribution in [1.29, 1.82) is 0 Å². The number of nitrogens with one attached hydrogen (secondary N) is 1. The molecule has 3 unspecified atom stereocenters. The second-order valence-corrected chi connectivity index (χ2v) is 6.30. The van der Waals surface area contributed by atoms with E-state index in [4.69, 9.17) is 5.73 Å². The molecule has 1 aliphatic carbocycles. The highest BCUT2D eigenvalue weighted by Gasteiger charge is 2.27. The van der Waals surface area contributed by atoms with Crippen molar-refractivity contribution in [2.24, 2.45) is 11.7 Å². The number of hydrogen-bond donors (Lipinski definition) is 2. The van der Waals surface area contributed by atoms with Crippen molar-refractivity contribution < 1.29 is 4.79 Å². The standard InChI is InChI=1S/C15H29N3O.2ClH/c1-12-5-2-3-9-18(12)10-4-8-17-15(19)13-6-7-14(16)11-13;;/h12-14H,2-11,16H2,1H3,(H,17,19);2*1H. The number of nitrogens with zero attached hydrogens (tertiary/aromatic N) is 1. The summed E-state index contributed by atoms with van der Waals surface area (Å²) < 4.78 is 0. The first-order valence-corrected chi connectivity index (χ1v) is 7.94. The van der Waals surface area contributed by atoms with Gasteiger partial charge >= 0.3 is 0 Å². The van der Waals surface area contributed by atoms with Gasteiger partial charge in [-0.1, -0.05) is 6.42 Å². The zero-order valence-electron chi connectivity index (χ0n) is 13.1. The predicted octanol–water partition coefficient (Wildman–Crippen LogP) is 2.34. The third-order valence-corrected chi connectivity index (χ3v) is 4.71. The fraction of sp³-hybridized carbons (Fsp3) is 0.933. The van der Waals surface area contributed by atoms with E-state index in [1.807, 2.05) is 0 Å². The minimum absolute atomic E-state index is 0. The van der Waals surface area contributed by atoms with Gasteiger partial charge in [-0.05, 0) is 52.0 Å². The summed E-state index contributed by atoms with van der Waals surface area (Å²) >= 11 is 0. The van der Waals surface area contributed by atoms with E-state index in [-0.39, 0.29) is 42.7 Å². The highest BCUT2D eigenvalue weighted by atomic mass is 35.5. The number of carbonyl (C=O) groups excluding carboxylic acids is 1. The number of piperidine rings is 1. The van der Waals surface area contributed by atoms with Crippen molar-refractivity contribution in [2.45, 2.75) is 64.0 Å². The number of halogens is 2. The Morgan fingerprint density at radius 3 is 2.62 bits per heavy atom. The molecule has 4 nitrogen and oxygen atoms in total. The Hall–Kier alpha value is -0.0300. The molecule has 2 rings (SSSR count). The molecule has 0 aromatic rings. The summed E-state index contributed by atoms with van der Waals surface area (Å²) in [6, 6.07) is 0.960. The zero-order valence-corrected chi connectivity index (χ0v) is 14.7. The van der Waals surface area contributed by atoms with Crippen LogP contribution in [0.4, 0.5) is 0 Å². The van der Waals surface area contributed by atoms with Gasteiger partial charge in [0.15, 0.2) is 0 Å². The first-order chi connectivity index (χ1) is 9.16. The van der Waals surface area contributed by atoms with E-state index >= 15 is 0 Å². The summed E-state index contributed by atoms with van der Waals surface area (Å²) in [6.45, 7) is 5.48. The molecule has 21 heavy (non-hydrogen) atoms. The molecule has 1 saturated heterocycles. The predicted molar refractivity (Wildman–Crippen MR) is 92.3 cm³/mol. The summed E-state index contributed by atoms with van der Waals surface area (Å²) in [4.78, 5) is 14.5. The van der Waals surface area contributed by atoms with E-state index in [1.165, 1.54) is 25.8 Å². The Labute approximate surface area is 141 Å². The summed E-state index contributed by atoms with van der Waals surface area (Å²) in [5.41, 5.74) is 5.84. The summed E-state index contributed by atoms with van der Waals surface area (Å²) in [5, 5.41) is 3.08. The lowest BCUT2D eigenvalue weighted by atomic mass is 10.0. The molecule has 2 aliphatic rings. The van der Waals surface area contributed by atoms with Gasteiger partial charge in [0.25, 0.3) is 0 Å². The van der Waals surface area contributed by atoms with E-state index in [0.29, 0.717) is 0 Å². The Morgan fingerprint density at radius 2 is 2.00 bits per heavy atom. The summed E-state index contributed by atoms with van der Waals surface area (Å²) in [7, 11) is 0. The van der Waals surface area contributed by atoms with Crippen LogP contribution < -0.4 is 11.1 Å². The zero-order chi connectivity index (χ0) is 13.7. The van der Waals surface area contributed by atoms with E-state index in [9.17, 15) is 4.79 Å². The van der Waals surface area contributed by atoms with Gasteiger partial charge in [0.05, 0.1) is 0 Å². The minimum Gasteiger partial charge on any atom is -0.356 e. The quantitative estimate of drug-likeness (QED) is 0.756. The number of nitrogens with two attached hydrogens (primary N) is 1. The van der Waals surface area contributed by atoms with Crippen molar-refractivity contribution in [3.05, 3.63) is 0 Å². The molecule has 0 aromatic heterocycles. The Bertz CT molecular complexity index is 305. The monoisotopic (exact) mass is 339 g/mol. The molecule has 1 saturated carbocycles. The molecule has 2 fully saturated rings. The van der Waals surface area contributed by atoms with E-state index in [2.05, 4.69) is 17.1 Å². The van der Waals surface area contributed by atoms with Crippen LogP contribution in [0.1, 0.15) is 51.9 Å². The molecule has 3 N–H and O–H groups in total. The molecule has 1 heterocycles. The van der Waals surface area contributed by atoms with E-state index in [0.717, 1.165) is 44.8 Å². The number of amides is 1. The van der Waals surface area contributed by atoms with Crippen LogP contribution in [-0.4, -0.2) is 42.5 Å². The average molecular weight is 340 g/mol. The van der Waals surface area contributed by atoms with Gasteiger partial charge in [-0.3, -0.25) is 4.79 Å². The van der Waals surface area contributed by atoms with Crippen molar-refractivity contribution in [3.8, 4) is 0 Å². The molecule has 0 aromatic carbocycles. The van der Waals surface area contributed by atoms with Gasteiger partial charge < -0.3 is 16.0 Å². The Morgan fingerprint density at radius 1 is 1.24 bits per heavy atom. The van der Waals surface area contributed by atoms with Gasteiger partial charge in [0, 0.05) is 31.1 Å². The highest BCUT2D eigenvalue weighted by Crippen LogP contribution is 2.24. The van der Waals surface area contributed by atoms with Crippen LogP contribution in [-0.2, 0) is 4.79 Å². The molecule has 126 valence electrons. The highest BCUT2D eigenvalue weighted by molar-refractivity contribution is 5.85.